The van der Waals surface area contributed by atoms with Gasteiger partial charge in [0.15, 0.2) is 0 Å². The molecule has 0 aromatic carbocycles. The van der Waals surface area contributed by atoms with Crippen LogP contribution in [0.1, 0.15) is 0 Å². The molecule has 0 unspecified atom stereocenters. The summed E-state index contributed by atoms with van der Waals surface area (Å²) in [5.74, 6) is 0. The third-order valence-corrected chi connectivity index (χ3v) is 0. The molecule has 0 aliphatic carbocycles. The zero-order valence-electron chi connectivity index (χ0n) is 2.81. The van der Waals surface area contributed by atoms with Crippen molar-refractivity contribution in [2.24, 2.45) is 0 Å². The Bertz CT molecular complexity index is 36.5. The molecule has 6 heavy (non-hydrogen) atoms. The van der Waals surface area contributed by atoms with Crippen LogP contribution in [0.2, 0.25) is 0 Å². The van der Waals surface area contributed by atoms with Crippen molar-refractivity contribution < 1.29 is 27.0 Å². The van der Waals surface area contributed by atoms with Crippen molar-refractivity contribution in [3.63, 3.8) is 0 Å². The molecule has 5 heteroatoms. The van der Waals surface area contributed by atoms with E-state index in [0.717, 1.165) is 0 Å². The molecule has 0 amide bonds. The quantitative estimate of drug-likeness (QED) is 0.360. The van der Waals surface area contributed by atoms with Crippen molar-refractivity contribution in [1.29, 1.82) is 0 Å². The van der Waals surface area contributed by atoms with Crippen molar-refractivity contribution in [3.05, 3.63) is 0 Å². The fourth-order valence-electron chi connectivity index (χ4n) is 0. The van der Waals surface area contributed by atoms with Crippen LogP contribution < -0.4 is 6.15 Å². The fraction of sp³-hybridized carbons (Fsp3) is 0. The van der Waals surface area contributed by atoms with E-state index in [9.17, 15) is 0 Å². The van der Waals surface area contributed by atoms with E-state index >= 15 is 0 Å². The zero-order valence-corrected chi connectivity index (χ0v) is 4.65. The van der Waals surface area contributed by atoms with Gasteiger partial charge in [-0.05, 0) is 0 Å². The molecule has 0 bridgehead atoms. The van der Waals surface area contributed by atoms with Crippen LogP contribution in [0.5, 0.6) is 0 Å². The molecule has 0 fully saturated rings. The van der Waals surface area contributed by atoms with Crippen molar-refractivity contribution in [3.8, 4) is 0 Å². The van der Waals surface area contributed by atoms with Crippen LogP contribution in [0.4, 0.5) is 4.79 Å². The van der Waals surface area contributed by atoms with Gasteiger partial charge in [0.05, 0.1) is 0 Å². The second-order valence-electron chi connectivity index (χ2n) is 0.283. The van der Waals surface area contributed by atoms with Gasteiger partial charge in [-0.15, -0.1) is 0 Å². The van der Waals surface area contributed by atoms with Crippen LogP contribution in [0.25, 0.3) is 0 Å². The minimum atomic E-state index is -1.14. The Morgan fingerprint density at radius 1 is 1.67 bits per heavy atom. The maximum Gasteiger partial charge on any atom is 0.361 e. The molecule has 0 saturated carbocycles. The molecular formula is CH5CuNO2S. The van der Waals surface area contributed by atoms with Crippen LogP contribution in [-0.4, -0.2) is 10.4 Å². The molecule has 0 atom stereocenters. The average Bonchev–Trinajstić information content (AvgIpc) is 0.811. The van der Waals surface area contributed by atoms with E-state index < -0.39 is 5.30 Å². The molecular weight excluding hydrogens is 154 g/mol. The zero-order chi connectivity index (χ0) is 3.58. The topological polar surface area (TPSA) is 72.3 Å². The minimum Gasteiger partial charge on any atom is -0.473 e. The third-order valence-electron chi connectivity index (χ3n) is 0. The first-order chi connectivity index (χ1) is 1.73. The Morgan fingerprint density at radius 3 is 1.67 bits per heavy atom. The van der Waals surface area contributed by atoms with Crippen molar-refractivity contribution >= 4 is 17.9 Å². The number of rotatable bonds is 0. The van der Waals surface area contributed by atoms with Gasteiger partial charge < -0.3 is 11.3 Å². The first-order valence-electron chi connectivity index (χ1n) is 0.651. The van der Waals surface area contributed by atoms with Crippen molar-refractivity contribution in [2.45, 2.75) is 0 Å². The summed E-state index contributed by atoms with van der Waals surface area (Å²) in [6.45, 7) is 0. The molecule has 0 aromatic heterocycles. The number of thiol groups is 1. The predicted molar refractivity (Wildman–Crippen MR) is 22.0 cm³/mol. The van der Waals surface area contributed by atoms with Gasteiger partial charge in [-0.25, -0.2) is 4.79 Å². The van der Waals surface area contributed by atoms with Crippen LogP contribution in [0, 0.1) is 0 Å². The van der Waals surface area contributed by atoms with Gasteiger partial charge in [0.2, 0.25) is 0 Å². The SMILES string of the molecule is N.O=C(O)S.[Cu]. The van der Waals surface area contributed by atoms with Crippen LogP contribution in [0.3, 0.4) is 0 Å². The average molecular weight is 159 g/mol. The second kappa shape index (κ2) is 9.00. The molecule has 0 heterocycles. The van der Waals surface area contributed by atoms with Gasteiger partial charge in [-0.1, -0.05) is 12.6 Å². The Morgan fingerprint density at radius 2 is 1.67 bits per heavy atom. The molecule has 43 valence electrons. The summed E-state index contributed by atoms with van der Waals surface area (Å²) in [6, 6.07) is 0. The molecule has 0 aromatic rings. The summed E-state index contributed by atoms with van der Waals surface area (Å²) in [6.07, 6.45) is 0. The third kappa shape index (κ3) is 522. The number of carboxylic acid groups (broad SMARTS) is 1. The first kappa shape index (κ1) is 16.3. The Hall–Kier alpha value is 0.299. The van der Waals surface area contributed by atoms with Crippen molar-refractivity contribution in [1.82, 2.24) is 6.15 Å². The van der Waals surface area contributed by atoms with Crippen LogP contribution >= 0.6 is 12.6 Å². The smallest absolute Gasteiger partial charge is 0.361 e. The van der Waals surface area contributed by atoms with E-state index in [4.69, 9.17) is 9.90 Å². The van der Waals surface area contributed by atoms with E-state index in [-0.39, 0.29) is 23.2 Å². The summed E-state index contributed by atoms with van der Waals surface area (Å²) in [5.41, 5.74) is 0. The van der Waals surface area contributed by atoms with Crippen LogP contribution in [0.15, 0.2) is 0 Å². The normalized spacial score (nSPS) is 4.17. The summed E-state index contributed by atoms with van der Waals surface area (Å²) >= 11 is 2.88. The molecule has 3 nitrogen and oxygen atoms in total. The summed E-state index contributed by atoms with van der Waals surface area (Å²) in [5, 5.41) is 6.14. The Balaban J connectivity index is -0.0000000450. The monoisotopic (exact) mass is 158 g/mol. The largest absolute Gasteiger partial charge is 0.473 e. The number of hydrogen-bond donors (Lipinski definition) is 3. The standard InChI is InChI=1S/CH2O2S.Cu.H3N/c2-1(3)4;;/h4H,(H,2,3);;1H3. The molecule has 0 saturated heterocycles. The summed E-state index contributed by atoms with van der Waals surface area (Å²) < 4.78 is 0. The summed E-state index contributed by atoms with van der Waals surface area (Å²) in [7, 11) is 0. The maximum absolute atomic E-state index is 8.86. The maximum atomic E-state index is 8.86. The Labute approximate surface area is 51.6 Å². The Kier molecular flexibility index (Phi) is 24.4. The van der Waals surface area contributed by atoms with Crippen molar-refractivity contribution in [2.75, 3.05) is 0 Å². The molecule has 1 radical (unpaired) electrons. The minimum absolute atomic E-state index is 0. The number of hydrogen-bond acceptors (Lipinski definition) is 2. The summed E-state index contributed by atoms with van der Waals surface area (Å²) in [4.78, 5) is 8.86. The van der Waals surface area contributed by atoms with E-state index in [2.05, 4.69) is 12.6 Å². The van der Waals surface area contributed by atoms with Gasteiger partial charge in [0, 0.05) is 17.1 Å². The predicted octanol–water partition coefficient (Wildman–Crippen LogP) is 0.754. The van der Waals surface area contributed by atoms with E-state index in [0.29, 0.717) is 0 Å². The number of carbonyl (C=O) groups is 1. The van der Waals surface area contributed by atoms with Crippen LogP contribution in [-0.2, 0) is 17.1 Å². The molecule has 0 aliphatic heterocycles. The van der Waals surface area contributed by atoms with E-state index in [1.807, 2.05) is 0 Å². The van der Waals surface area contributed by atoms with Gasteiger partial charge >= 0.3 is 5.30 Å². The second-order valence-corrected chi connectivity index (χ2v) is 0.665. The molecule has 0 aliphatic rings. The molecule has 4 N–H and O–H groups in total. The van der Waals surface area contributed by atoms with Gasteiger partial charge in [-0.3, -0.25) is 0 Å². The van der Waals surface area contributed by atoms with E-state index in [1.165, 1.54) is 0 Å². The van der Waals surface area contributed by atoms with Gasteiger partial charge in [0.1, 0.15) is 0 Å². The van der Waals surface area contributed by atoms with Gasteiger partial charge in [-0.2, -0.15) is 0 Å². The van der Waals surface area contributed by atoms with Gasteiger partial charge in [0.25, 0.3) is 0 Å². The first-order valence-corrected chi connectivity index (χ1v) is 1.10. The fourth-order valence-corrected chi connectivity index (χ4v) is 0. The molecule has 0 rings (SSSR count). The van der Waals surface area contributed by atoms with E-state index in [1.54, 1.807) is 0 Å². The molecule has 0 spiro atoms.